The Labute approximate surface area is 205 Å². The maximum Gasteiger partial charge on any atom is 0.162 e. The third-order valence-electron chi connectivity index (χ3n) is 6.21. The van der Waals surface area contributed by atoms with E-state index in [1.54, 1.807) is 17.8 Å². The summed E-state index contributed by atoms with van der Waals surface area (Å²) in [4.78, 5) is 12.1. The number of hydrogen-bond donors (Lipinski definition) is 2. The van der Waals surface area contributed by atoms with Gasteiger partial charge in [0.25, 0.3) is 0 Å². The lowest BCUT2D eigenvalue weighted by molar-refractivity contribution is 0.108. The summed E-state index contributed by atoms with van der Waals surface area (Å²) >= 11 is 6.43. The van der Waals surface area contributed by atoms with Gasteiger partial charge in [0.1, 0.15) is 24.3 Å². The quantitative estimate of drug-likeness (QED) is 0.475. The third-order valence-corrected chi connectivity index (χ3v) is 6.43. The standard InChI is InChI=1S/C25H33ClN6O2/c1-27-14-21(33)16-34-22-10-17(9-19(26)11-22)25-29-23(18-13-28-31(2)15-18)12-24(30-25)32(3)20-7-5-4-6-8-20/h9-13,15,20-21,27,33H,4-8,14,16H2,1-3H3. The van der Waals surface area contributed by atoms with Crippen LogP contribution in [-0.4, -0.2) is 64.2 Å². The number of halogens is 1. The Balaban J connectivity index is 1.70. The number of rotatable bonds is 9. The molecule has 4 rings (SSSR count). The van der Waals surface area contributed by atoms with Crippen molar-refractivity contribution in [1.29, 1.82) is 0 Å². The van der Waals surface area contributed by atoms with Crippen molar-refractivity contribution in [2.24, 2.45) is 7.05 Å². The molecule has 0 saturated heterocycles. The summed E-state index contributed by atoms with van der Waals surface area (Å²) in [5.41, 5.74) is 2.50. The minimum absolute atomic E-state index is 0.160. The van der Waals surface area contributed by atoms with Gasteiger partial charge < -0.3 is 20.1 Å². The zero-order chi connectivity index (χ0) is 24.1. The lowest BCUT2D eigenvalue weighted by Crippen LogP contribution is -2.34. The fourth-order valence-electron chi connectivity index (χ4n) is 4.36. The van der Waals surface area contributed by atoms with Crippen LogP contribution >= 0.6 is 11.6 Å². The molecule has 0 aliphatic heterocycles. The molecule has 0 bridgehead atoms. The molecule has 2 N–H and O–H groups in total. The highest BCUT2D eigenvalue weighted by molar-refractivity contribution is 6.31. The summed E-state index contributed by atoms with van der Waals surface area (Å²) in [7, 11) is 5.80. The molecule has 1 aliphatic rings. The zero-order valence-corrected chi connectivity index (χ0v) is 20.8. The number of aliphatic hydroxyl groups excluding tert-OH is 1. The Morgan fingerprint density at radius 1 is 1.18 bits per heavy atom. The first-order chi connectivity index (χ1) is 16.4. The van der Waals surface area contributed by atoms with Crippen LogP contribution in [0.1, 0.15) is 32.1 Å². The van der Waals surface area contributed by atoms with Gasteiger partial charge in [-0.15, -0.1) is 0 Å². The van der Waals surface area contributed by atoms with Gasteiger partial charge in [-0.3, -0.25) is 4.68 Å². The third kappa shape index (κ3) is 6.05. The van der Waals surface area contributed by atoms with E-state index in [9.17, 15) is 5.11 Å². The van der Waals surface area contributed by atoms with E-state index in [1.807, 2.05) is 37.6 Å². The van der Waals surface area contributed by atoms with Crippen molar-refractivity contribution < 1.29 is 9.84 Å². The molecule has 1 saturated carbocycles. The first-order valence-corrected chi connectivity index (χ1v) is 12.2. The van der Waals surface area contributed by atoms with Crippen LogP contribution in [0.5, 0.6) is 5.75 Å². The number of nitrogens with zero attached hydrogens (tertiary/aromatic N) is 5. The summed E-state index contributed by atoms with van der Waals surface area (Å²) in [6.45, 7) is 0.605. The minimum Gasteiger partial charge on any atom is -0.491 e. The van der Waals surface area contributed by atoms with Crippen LogP contribution in [-0.2, 0) is 7.05 Å². The topological polar surface area (TPSA) is 88.3 Å². The number of aryl methyl sites for hydroxylation is 1. The molecule has 0 amide bonds. The maximum atomic E-state index is 9.99. The molecule has 34 heavy (non-hydrogen) atoms. The smallest absolute Gasteiger partial charge is 0.162 e. The van der Waals surface area contributed by atoms with Crippen LogP contribution in [0.2, 0.25) is 5.02 Å². The summed E-state index contributed by atoms with van der Waals surface area (Å²) < 4.78 is 7.57. The number of aliphatic hydroxyl groups is 1. The predicted molar refractivity (Wildman–Crippen MR) is 135 cm³/mol. The van der Waals surface area contributed by atoms with Crippen molar-refractivity contribution in [3.8, 4) is 28.4 Å². The molecule has 1 fully saturated rings. The molecule has 9 heteroatoms. The molecule has 1 aromatic carbocycles. The van der Waals surface area contributed by atoms with Gasteiger partial charge in [-0.2, -0.15) is 5.10 Å². The second-order valence-corrected chi connectivity index (χ2v) is 9.37. The molecule has 1 aliphatic carbocycles. The van der Waals surface area contributed by atoms with E-state index in [0.717, 1.165) is 22.6 Å². The molecule has 2 heterocycles. The average Bonchev–Trinajstić information content (AvgIpc) is 3.29. The molecule has 1 unspecified atom stereocenters. The Kier molecular flexibility index (Phi) is 8.03. The van der Waals surface area contributed by atoms with Crippen LogP contribution < -0.4 is 15.0 Å². The maximum absolute atomic E-state index is 9.99. The van der Waals surface area contributed by atoms with Crippen molar-refractivity contribution in [1.82, 2.24) is 25.1 Å². The fourth-order valence-corrected chi connectivity index (χ4v) is 4.59. The van der Waals surface area contributed by atoms with E-state index < -0.39 is 6.10 Å². The molecule has 0 radical (unpaired) electrons. The van der Waals surface area contributed by atoms with Crippen LogP contribution in [0.4, 0.5) is 5.82 Å². The summed E-state index contributed by atoms with van der Waals surface area (Å²) in [5.74, 6) is 2.01. The van der Waals surface area contributed by atoms with Crippen molar-refractivity contribution in [2.45, 2.75) is 44.2 Å². The SMILES string of the molecule is CNCC(O)COc1cc(Cl)cc(-c2nc(-c3cnn(C)c3)cc(N(C)C3CCCCC3)n2)c1. The molecule has 182 valence electrons. The monoisotopic (exact) mass is 484 g/mol. The summed E-state index contributed by atoms with van der Waals surface area (Å²) in [6.07, 6.45) is 9.28. The summed E-state index contributed by atoms with van der Waals surface area (Å²) in [6, 6.07) is 7.93. The fraction of sp³-hybridized carbons (Fsp3) is 0.480. The first-order valence-electron chi connectivity index (χ1n) is 11.8. The van der Waals surface area contributed by atoms with E-state index >= 15 is 0 Å². The molecular weight excluding hydrogens is 452 g/mol. The van der Waals surface area contributed by atoms with Crippen LogP contribution in [0.15, 0.2) is 36.7 Å². The Bertz CT molecular complexity index is 1100. The second-order valence-electron chi connectivity index (χ2n) is 8.94. The first kappa shape index (κ1) is 24.4. The van der Waals surface area contributed by atoms with Gasteiger partial charge in [0.15, 0.2) is 5.82 Å². The number of aromatic nitrogens is 4. The molecule has 2 aromatic heterocycles. The molecule has 0 spiro atoms. The predicted octanol–water partition coefficient (Wildman–Crippen LogP) is 3.93. The second kappa shape index (κ2) is 11.2. The van der Waals surface area contributed by atoms with Crippen molar-refractivity contribution in [3.63, 3.8) is 0 Å². The number of anilines is 1. The van der Waals surface area contributed by atoms with E-state index in [2.05, 4.69) is 22.4 Å². The molecule has 3 aromatic rings. The highest BCUT2D eigenvalue weighted by Crippen LogP contribution is 2.32. The number of hydrogen-bond acceptors (Lipinski definition) is 7. The molecule has 8 nitrogen and oxygen atoms in total. The highest BCUT2D eigenvalue weighted by atomic mass is 35.5. The average molecular weight is 485 g/mol. The van der Waals surface area contributed by atoms with Crippen LogP contribution in [0, 0.1) is 0 Å². The van der Waals surface area contributed by atoms with Gasteiger partial charge in [-0.05, 0) is 38.1 Å². The molecular formula is C25H33ClN6O2. The number of ether oxygens (including phenoxy) is 1. The normalized spacial score (nSPS) is 15.3. The van der Waals surface area contributed by atoms with Gasteiger partial charge in [-0.1, -0.05) is 30.9 Å². The number of nitrogens with one attached hydrogen (secondary N) is 1. The van der Waals surface area contributed by atoms with Gasteiger partial charge in [0, 0.05) is 55.1 Å². The van der Waals surface area contributed by atoms with Crippen molar-refractivity contribution in [2.75, 3.05) is 32.1 Å². The minimum atomic E-state index is -0.617. The zero-order valence-electron chi connectivity index (χ0n) is 20.0. The lowest BCUT2D eigenvalue weighted by Gasteiger charge is -2.32. The number of likely N-dealkylation sites (N-methyl/N-ethyl adjacent to an activating group) is 1. The van der Waals surface area contributed by atoms with Gasteiger partial charge in [0.05, 0.1) is 11.9 Å². The Morgan fingerprint density at radius 3 is 2.68 bits per heavy atom. The largest absolute Gasteiger partial charge is 0.491 e. The molecule has 1 atom stereocenters. The van der Waals surface area contributed by atoms with Gasteiger partial charge >= 0.3 is 0 Å². The van der Waals surface area contributed by atoms with E-state index in [-0.39, 0.29) is 6.61 Å². The lowest BCUT2D eigenvalue weighted by atomic mass is 9.94. The van der Waals surface area contributed by atoms with Crippen molar-refractivity contribution >= 4 is 17.4 Å². The van der Waals surface area contributed by atoms with Gasteiger partial charge in [-0.25, -0.2) is 9.97 Å². The number of benzene rings is 1. The summed E-state index contributed by atoms with van der Waals surface area (Å²) in [5, 5.41) is 17.8. The van der Waals surface area contributed by atoms with Gasteiger partial charge in [0.2, 0.25) is 0 Å². The van der Waals surface area contributed by atoms with E-state index in [1.165, 1.54) is 32.1 Å². The van der Waals surface area contributed by atoms with E-state index in [4.69, 9.17) is 26.3 Å². The Hall–Kier alpha value is -2.68. The van der Waals surface area contributed by atoms with E-state index in [0.29, 0.717) is 29.2 Å². The van der Waals surface area contributed by atoms with Crippen LogP contribution in [0.3, 0.4) is 0 Å². The van der Waals surface area contributed by atoms with Crippen molar-refractivity contribution in [3.05, 3.63) is 41.7 Å². The Morgan fingerprint density at radius 2 is 1.97 bits per heavy atom. The van der Waals surface area contributed by atoms with Crippen LogP contribution in [0.25, 0.3) is 22.6 Å². The highest BCUT2D eigenvalue weighted by Gasteiger charge is 2.21.